The fraction of sp³-hybridized carbons (Fsp3) is 0.364. The van der Waals surface area contributed by atoms with Crippen molar-refractivity contribution in [3.8, 4) is 17.7 Å². The van der Waals surface area contributed by atoms with Gasteiger partial charge in [0.25, 0.3) is 0 Å². The van der Waals surface area contributed by atoms with Gasteiger partial charge in [0.15, 0.2) is 17.7 Å². The first-order valence-electron chi connectivity index (χ1n) is 4.79. The second kappa shape index (κ2) is 4.09. The van der Waals surface area contributed by atoms with Crippen LogP contribution in [0.5, 0.6) is 11.5 Å². The Morgan fingerprint density at radius 3 is 2.80 bits per heavy atom. The lowest BCUT2D eigenvalue weighted by atomic mass is 10.2. The van der Waals surface area contributed by atoms with Crippen LogP contribution in [-0.2, 0) is 6.54 Å². The van der Waals surface area contributed by atoms with Crippen LogP contribution in [0.3, 0.4) is 0 Å². The lowest BCUT2D eigenvalue weighted by Gasteiger charge is -2.19. The number of nitriles is 1. The Hall–Kier alpha value is -1.89. The van der Waals surface area contributed by atoms with E-state index in [4.69, 9.17) is 14.7 Å². The molecule has 0 N–H and O–H groups in total. The Labute approximate surface area is 88.6 Å². The van der Waals surface area contributed by atoms with Crippen LogP contribution >= 0.6 is 0 Å². The highest BCUT2D eigenvalue weighted by Gasteiger charge is 2.11. The summed E-state index contributed by atoms with van der Waals surface area (Å²) in [4.78, 5) is 1.56. The van der Waals surface area contributed by atoms with Gasteiger partial charge in [-0.05, 0) is 17.7 Å². The van der Waals surface area contributed by atoms with Gasteiger partial charge in [-0.2, -0.15) is 5.26 Å². The van der Waals surface area contributed by atoms with Gasteiger partial charge in [0.05, 0.1) is 6.54 Å². The van der Waals surface area contributed by atoms with Gasteiger partial charge in [-0.15, -0.1) is 0 Å². The molecular formula is C11H12N2O2. The maximum absolute atomic E-state index is 8.65. The molecule has 78 valence electrons. The van der Waals surface area contributed by atoms with E-state index in [-0.39, 0.29) is 0 Å². The Balaban J connectivity index is 2.18. The normalized spacial score (nSPS) is 13.1. The number of fused-ring (bicyclic) bond motifs is 1. The van der Waals surface area contributed by atoms with Crippen molar-refractivity contribution in [2.75, 3.05) is 20.3 Å². The average Bonchev–Trinajstić information content (AvgIpc) is 2.29. The zero-order chi connectivity index (χ0) is 10.7. The second-order valence-electron chi connectivity index (χ2n) is 3.43. The third kappa shape index (κ3) is 2.13. The second-order valence-corrected chi connectivity index (χ2v) is 3.43. The molecule has 1 aliphatic heterocycles. The topological polar surface area (TPSA) is 45.5 Å². The van der Waals surface area contributed by atoms with Gasteiger partial charge in [0.1, 0.15) is 13.2 Å². The molecule has 0 aromatic heterocycles. The summed E-state index contributed by atoms with van der Waals surface area (Å²) in [6.07, 6.45) is 2.05. The fourth-order valence-corrected chi connectivity index (χ4v) is 1.50. The third-order valence-electron chi connectivity index (χ3n) is 2.20. The van der Waals surface area contributed by atoms with Crippen LogP contribution in [0.2, 0.25) is 0 Å². The van der Waals surface area contributed by atoms with Gasteiger partial charge in [-0.25, -0.2) is 0 Å². The lowest BCUT2D eigenvalue weighted by Crippen LogP contribution is -2.16. The van der Waals surface area contributed by atoms with Crippen LogP contribution in [-0.4, -0.2) is 25.2 Å². The van der Waals surface area contributed by atoms with Gasteiger partial charge in [-0.3, -0.25) is 0 Å². The molecule has 0 fully saturated rings. The number of hydrogen-bond acceptors (Lipinski definition) is 4. The number of rotatable bonds is 2. The standard InChI is InChI=1S/C11H12N2O2/c1-13(8-12)7-9-2-3-10-11(6-9)15-5-4-14-10/h2-3,6H,4-5,7H2,1H3. The van der Waals surface area contributed by atoms with Crippen LogP contribution in [0.1, 0.15) is 5.56 Å². The Bertz CT molecular complexity index is 398. The van der Waals surface area contributed by atoms with Crippen molar-refractivity contribution < 1.29 is 9.47 Å². The van der Waals surface area contributed by atoms with Crippen LogP contribution in [0.4, 0.5) is 0 Å². The Morgan fingerprint density at radius 1 is 1.33 bits per heavy atom. The molecule has 0 amide bonds. The number of benzene rings is 1. The van der Waals surface area contributed by atoms with Crippen molar-refractivity contribution in [2.24, 2.45) is 0 Å². The highest BCUT2D eigenvalue weighted by molar-refractivity contribution is 5.43. The Kier molecular flexibility index (Phi) is 2.64. The van der Waals surface area contributed by atoms with E-state index in [1.165, 1.54) is 0 Å². The van der Waals surface area contributed by atoms with E-state index < -0.39 is 0 Å². The zero-order valence-electron chi connectivity index (χ0n) is 8.56. The summed E-state index contributed by atoms with van der Waals surface area (Å²) in [5, 5.41) is 8.65. The Morgan fingerprint density at radius 2 is 2.07 bits per heavy atom. The minimum absolute atomic E-state index is 0.588. The highest BCUT2D eigenvalue weighted by atomic mass is 16.6. The maximum atomic E-state index is 8.65. The largest absolute Gasteiger partial charge is 0.486 e. The molecule has 1 heterocycles. The van der Waals surface area contributed by atoms with Crippen LogP contribution in [0, 0.1) is 11.5 Å². The number of hydrogen-bond donors (Lipinski definition) is 0. The number of nitrogens with zero attached hydrogens (tertiary/aromatic N) is 2. The molecule has 1 aromatic carbocycles. The summed E-state index contributed by atoms with van der Waals surface area (Å²) in [6, 6.07) is 5.75. The quantitative estimate of drug-likeness (QED) is 0.539. The molecule has 0 unspecified atom stereocenters. The molecule has 0 bridgehead atoms. The van der Waals surface area contributed by atoms with Crippen molar-refractivity contribution in [2.45, 2.75) is 6.54 Å². The first-order chi connectivity index (χ1) is 7.29. The predicted molar refractivity (Wildman–Crippen MR) is 54.5 cm³/mol. The SMILES string of the molecule is CN(C#N)Cc1ccc2c(c1)OCCO2. The van der Waals surface area contributed by atoms with E-state index in [0.29, 0.717) is 19.8 Å². The summed E-state index contributed by atoms with van der Waals surface area (Å²) in [5.74, 6) is 1.55. The molecule has 0 saturated heterocycles. The van der Waals surface area contributed by atoms with E-state index in [1.54, 1.807) is 11.9 Å². The van der Waals surface area contributed by atoms with Gasteiger partial charge < -0.3 is 14.4 Å². The van der Waals surface area contributed by atoms with Crippen LogP contribution in [0.25, 0.3) is 0 Å². The van der Waals surface area contributed by atoms with Crippen molar-refractivity contribution in [1.29, 1.82) is 5.26 Å². The molecule has 2 rings (SSSR count). The molecule has 4 heteroatoms. The summed E-state index contributed by atoms with van der Waals surface area (Å²) in [7, 11) is 1.75. The van der Waals surface area contributed by atoms with E-state index in [2.05, 4.69) is 6.19 Å². The summed E-state index contributed by atoms with van der Waals surface area (Å²) in [5.41, 5.74) is 1.04. The van der Waals surface area contributed by atoms with Gasteiger partial charge >= 0.3 is 0 Å². The first-order valence-corrected chi connectivity index (χ1v) is 4.79. The number of ether oxygens (including phenoxy) is 2. The molecular weight excluding hydrogens is 192 g/mol. The maximum Gasteiger partial charge on any atom is 0.179 e. The van der Waals surface area contributed by atoms with Crippen molar-refractivity contribution in [3.05, 3.63) is 23.8 Å². The molecule has 4 nitrogen and oxygen atoms in total. The van der Waals surface area contributed by atoms with E-state index in [1.807, 2.05) is 18.2 Å². The first kappa shape index (κ1) is 9.66. The molecule has 0 atom stereocenters. The minimum atomic E-state index is 0.588. The third-order valence-corrected chi connectivity index (χ3v) is 2.20. The highest BCUT2D eigenvalue weighted by Crippen LogP contribution is 2.30. The monoisotopic (exact) mass is 204 g/mol. The van der Waals surface area contributed by atoms with E-state index in [9.17, 15) is 0 Å². The van der Waals surface area contributed by atoms with Crippen molar-refractivity contribution in [1.82, 2.24) is 4.90 Å². The van der Waals surface area contributed by atoms with Crippen LogP contribution in [0.15, 0.2) is 18.2 Å². The minimum Gasteiger partial charge on any atom is -0.486 e. The van der Waals surface area contributed by atoms with Crippen molar-refractivity contribution >= 4 is 0 Å². The summed E-state index contributed by atoms with van der Waals surface area (Å²) in [6.45, 7) is 1.78. The molecule has 0 aliphatic carbocycles. The zero-order valence-corrected chi connectivity index (χ0v) is 8.56. The molecule has 0 radical (unpaired) electrons. The smallest absolute Gasteiger partial charge is 0.179 e. The molecule has 0 spiro atoms. The summed E-state index contributed by atoms with van der Waals surface area (Å²) >= 11 is 0. The molecule has 15 heavy (non-hydrogen) atoms. The predicted octanol–water partition coefficient (Wildman–Crippen LogP) is 1.37. The van der Waals surface area contributed by atoms with Gasteiger partial charge in [0, 0.05) is 7.05 Å². The fourth-order valence-electron chi connectivity index (χ4n) is 1.50. The molecule has 0 saturated carbocycles. The van der Waals surface area contributed by atoms with Crippen LogP contribution < -0.4 is 9.47 Å². The lowest BCUT2D eigenvalue weighted by molar-refractivity contribution is 0.171. The van der Waals surface area contributed by atoms with Gasteiger partial charge in [-0.1, -0.05) is 6.07 Å². The van der Waals surface area contributed by atoms with Crippen molar-refractivity contribution in [3.63, 3.8) is 0 Å². The molecule has 1 aromatic rings. The molecule has 1 aliphatic rings. The van der Waals surface area contributed by atoms with E-state index >= 15 is 0 Å². The van der Waals surface area contributed by atoms with Gasteiger partial charge in [0.2, 0.25) is 0 Å². The average molecular weight is 204 g/mol. The summed E-state index contributed by atoms with van der Waals surface area (Å²) < 4.78 is 10.9. The van der Waals surface area contributed by atoms with E-state index in [0.717, 1.165) is 17.1 Å².